The molecule has 0 radical (unpaired) electrons. The maximum Gasteiger partial charge on any atom is 0.258 e. The van der Waals surface area contributed by atoms with Crippen LogP contribution in [0.3, 0.4) is 0 Å². The van der Waals surface area contributed by atoms with Crippen molar-refractivity contribution in [3.63, 3.8) is 0 Å². The molecule has 2 aromatic heterocycles. The summed E-state index contributed by atoms with van der Waals surface area (Å²) in [5, 5.41) is 11.0. The van der Waals surface area contributed by atoms with Gasteiger partial charge in [0.1, 0.15) is 0 Å². The van der Waals surface area contributed by atoms with Gasteiger partial charge in [-0.2, -0.15) is 4.98 Å². The number of nitrogens with one attached hydrogen (secondary N) is 1. The summed E-state index contributed by atoms with van der Waals surface area (Å²) in [6.07, 6.45) is 0.846. The van der Waals surface area contributed by atoms with Crippen LogP contribution in [0.15, 0.2) is 52.0 Å². The van der Waals surface area contributed by atoms with Gasteiger partial charge in [0, 0.05) is 31.0 Å². The molecule has 0 spiro atoms. The van der Waals surface area contributed by atoms with Crippen LogP contribution in [0.1, 0.15) is 30.8 Å². The minimum Gasteiger partial charge on any atom is -0.385 e. The molecule has 1 aromatic carbocycles. The van der Waals surface area contributed by atoms with E-state index in [1.165, 1.54) is 0 Å². The topological polar surface area (TPSA) is 63.4 Å². The highest BCUT2D eigenvalue weighted by molar-refractivity contribution is 7.80. The molecule has 0 fully saturated rings. The van der Waals surface area contributed by atoms with Crippen LogP contribution in [-0.4, -0.2) is 40.4 Å². The number of methoxy groups -OCH3 is 1. The first-order chi connectivity index (χ1) is 14.6. The second kappa shape index (κ2) is 9.26. The van der Waals surface area contributed by atoms with E-state index in [0.717, 1.165) is 34.7 Å². The molecule has 1 atom stereocenters. The smallest absolute Gasteiger partial charge is 0.258 e. The summed E-state index contributed by atoms with van der Waals surface area (Å²) in [4.78, 5) is 7.71. The molecule has 9 heteroatoms. The van der Waals surface area contributed by atoms with E-state index in [2.05, 4.69) is 15.4 Å². The fourth-order valence-corrected chi connectivity index (χ4v) is 4.56. The van der Waals surface area contributed by atoms with E-state index in [4.69, 9.17) is 38.1 Å². The van der Waals surface area contributed by atoms with Crippen molar-refractivity contribution in [1.29, 1.82) is 0 Å². The molecule has 6 nitrogen and oxygen atoms in total. The third-order valence-electron chi connectivity index (χ3n) is 4.93. The summed E-state index contributed by atoms with van der Waals surface area (Å²) in [7, 11) is 1.70. The number of hydrogen-bond acceptors (Lipinski definition) is 6. The first kappa shape index (κ1) is 21.0. The average Bonchev–Trinajstić information content (AvgIpc) is 3.42. The highest BCUT2D eigenvalue weighted by Crippen LogP contribution is 2.38. The van der Waals surface area contributed by atoms with Gasteiger partial charge in [0.25, 0.3) is 5.89 Å². The molecule has 0 saturated heterocycles. The van der Waals surface area contributed by atoms with Crippen molar-refractivity contribution in [2.75, 3.05) is 20.3 Å². The Morgan fingerprint density at radius 3 is 2.80 bits per heavy atom. The predicted molar refractivity (Wildman–Crippen MR) is 123 cm³/mol. The Balaban J connectivity index is 1.76. The van der Waals surface area contributed by atoms with E-state index < -0.39 is 0 Å². The Morgan fingerprint density at radius 1 is 1.30 bits per heavy atom. The molecule has 1 unspecified atom stereocenters. The fourth-order valence-electron chi connectivity index (χ4n) is 3.44. The van der Waals surface area contributed by atoms with E-state index in [1.54, 1.807) is 18.4 Å². The average molecular weight is 461 g/mol. The van der Waals surface area contributed by atoms with Crippen LogP contribution < -0.4 is 5.32 Å². The van der Waals surface area contributed by atoms with Crippen molar-refractivity contribution >= 4 is 45.8 Å². The third-order valence-corrected chi connectivity index (χ3v) is 6.38. The standard InChI is InChI=1S/C21H21ClN4O2S2/c1-13-17(20-24-19(25-28-20)16-5-3-12-30-16)18(14-6-8-15(22)9-7-14)23-21(29)26(13)10-4-11-27-2/h3,5-9,12,18H,4,10-11H2,1-2H3,(H,23,29). The second-order valence-electron chi connectivity index (χ2n) is 6.83. The van der Waals surface area contributed by atoms with Gasteiger partial charge in [0.2, 0.25) is 5.82 Å². The molecule has 156 valence electrons. The Kier molecular flexibility index (Phi) is 6.48. The van der Waals surface area contributed by atoms with Gasteiger partial charge in [-0.15, -0.1) is 11.3 Å². The van der Waals surface area contributed by atoms with Crippen molar-refractivity contribution in [3.8, 4) is 10.7 Å². The summed E-state index contributed by atoms with van der Waals surface area (Å²) in [6.45, 7) is 3.42. The molecule has 0 saturated carbocycles. The molecule has 1 aliphatic rings. The van der Waals surface area contributed by atoms with Crippen LogP contribution in [0.4, 0.5) is 0 Å². The number of nitrogens with zero attached hydrogens (tertiary/aromatic N) is 3. The summed E-state index contributed by atoms with van der Waals surface area (Å²) in [5.41, 5.74) is 2.90. The molecule has 0 aliphatic carbocycles. The maximum absolute atomic E-state index is 6.10. The quantitative estimate of drug-likeness (QED) is 0.386. The zero-order valence-corrected chi connectivity index (χ0v) is 19.0. The maximum atomic E-state index is 6.10. The minimum atomic E-state index is -0.218. The molecular weight excluding hydrogens is 440 g/mol. The zero-order valence-electron chi connectivity index (χ0n) is 16.6. The number of allylic oxidation sites excluding steroid dienone is 1. The fraction of sp³-hybridized carbons (Fsp3) is 0.286. The zero-order chi connectivity index (χ0) is 21.1. The Bertz CT molecular complexity index is 1050. The monoisotopic (exact) mass is 460 g/mol. The molecule has 4 rings (SSSR count). The van der Waals surface area contributed by atoms with Crippen molar-refractivity contribution in [3.05, 3.63) is 64.0 Å². The van der Waals surface area contributed by atoms with Gasteiger partial charge < -0.3 is 19.5 Å². The molecule has 30 heavy (non-hydrogen) atoms. The Morgan fingerprint density at radius 2 is 2.10 bits per heavy atom. The van der Waals surface area contributed by atoms with Crippen LogP contribution in [0.5, 0.6) is 0 Å². The molecule has 1 N–H and O–H groups in total. The van der Waals surface area contributed by atoms with Crippen LogP contribution in [0.2, 0.25) is 5.02 Å². The molecule has 0 amide bonds. The first-order valence-corrected chi connectivity index (χ1v) is 11.2. The number of rotatable bonds is 7. The van der Waals surface area contributed by atoms with Crippen LogP contribution in [-0.2, 0) is 4.74 Å². The normalized spacial score (nSPS) is 16.8. The lowest BCUT2D eigenvalue weighted by Gasteiger charge is -2.37. The predicted octanol–water partition coefficient (Wildman–Crippen LogP) is 5.15. The lowest BCUT2D eigenvalue weighted by atomic mass is 9.95. The number of halogens is 1. The van der Waals surface area contributed by atoms with Crippen LogP contribution in [0, 0.1) is 0 Å². The Labute approximate surface area is 189 Å². The molecule has 3 aromatic rings. The molecule has 0 bridgehead atoms. The molecular formula is C21H21ClN4O2S2. The SMILES string of the molecule is COCCCN1C(=S)NC(c2ccc(Cl)cc2)C(c2nc(-c3cccs3)no2)=C1C. The van der Waals surface area contributed by atoms with Gasteiger partial charge in [-0.3, -0.25) is 0 Å². The number of thiophene rings is 1. The van der Waals surface area contributed by atoms with Gasteiger partial charge in [-0.05, 0) is 54.7 Å². The van der Waals surface area contributed by atoms with E-state index in [0.29, 0.717) is 28.5 Å². The first-order valence-electron chi connectivity index (χ1n) is 9.49. The van der Waals surface area contributed by atoms with Gasteiger partial charge >= 0.3 is 0 Å². The lowest BCUT2D eigenvalue weighted by Crippen LogP contribution is -2.46. The van der Waals surface area contributed by atoms with E-state index in [9.17, 15) is 0 Å². The Hall–Kier alpha value is -2.26. The summed E-state index contributed by atoms with van der Waals surface area (Å²) >= 11 is 13.4. The van der Waals surface area contributed by atoms with Crippen molar-refractivity contribution in [2.24, 2.45) is 0 Å². The van der Waals surface area contributed by atoms with E-state index in [1.807, 2.05) is 48.7 Å². The number of aromatic nitrogens is 2. The summed E-state index contributed by atoms with van der Waals surface area (Å²) in [5.74, 6) is 1.05. The highest BCUT2D eigenvalue weighted by atomic mass is 35.5. The van der Waals surface area contributed by atoms with Crippen molar-refractivity contribution in [2.45, 2.75) is 19.4 Å². The van der Waals surface area contributed by atoms with Gasteiger partial charge in [0.15, 0.2) is 5.11 Å². The van der Waals surface area contributed by atoms with E-state index >= 15 is 0 Å². The minimum absolute atomic E-state index is 0.218. The third kappa shape index (κ3) is 4.27. The molecule has 1 aliphatic heterocycles. The highest BCUT2D eigenvalue weighted by Gasteiger charge is 2.33. The van der Waals surface area contributed by atoms with Gasteiger partial charge in [-0.1, -0.05) is 35.0 Å². The van der Waals surface area contributed by atoms with E-state index in [-0.39, 0.29) is 6.04 Å². The van der Waals surface area contributed by atoms with Crippen LogP contribution >= 0.6 is 35.2 Å². The van der Waals surface area contributed by atoms with Crippen molar-refractivity contribution < 1.29 is 9.26 Å². The number of benzene rings is 1. The van der Waals surface area contributed by atoms with Crippen molar-refractivity contribution in [1.82, 2.24) is 20.4 Å². The number of thiocarbonyl (C=S) groups is 1. The summed E-state index contributed by atoms with van der Waals surface area (Å²) < 4.78 is 10.9. The van der Waals surface area contributed by atoms with Gasteiger partial charge in [-0.25, -0.2) is 0 Å². The molecule has 3 heterocycles. The number of hydrogen-bond donors (Lipinski definition) is 1. The number of ether oxygens (including phenoxy) is 1. The second-order valence-corrected chi connectivity index (χ2v) is 8.60. The van der Waals surface area contributed by atoms with Gasteiger partial charge in [0.05, 0.1) is 16.5 Å². The summed E-state index contributed by atoms with van der Waals surface area (Å²) in [6, 6.07) is 11.4. The van der Waals surface area contributed by atoms with Crippen LogP contribution in [0.25, 0.3) is 16.3 Å². The largest absolute Gasteiger partial charge is 0.385 e. The lowest BCUT2D eigenvalue weighted by molar-refractivity contribution is 0.188.